The van der Waals surface area contributed by atoms with Crippen LogP contribution in [0.25, 0.3) is 0 Å². The van der Waals surface area contributed by atoms with Gasteiger partial charge in [-0.05, 0) is 66.7 Å². The zero-order valence-electron chi connectivity index (χ0n) is 17.2. The van der Waals surface area contributed by atoms with Crippen LogP contribution in [0, 0.1) is 11.3 Å². The van der Waals surface area contributed by atoms with Gasteiger partial charge in [0.15, 0.2) is 0 Å². The van der Waals surface area contributed by atoms with Crippen LogP contribution in [-0.4, -0.2) is 23.4 Å². The predicted octanol–water partition coefficient (Wildman–Crippen LogP) is 6.03. The fourth-order valence-electron chi connectivity index (χ4n) is 5.20. The molecule has 152 valence electrons. The van der Waals surface area contributed by atoms with Crippen molar-refractivity contribution in [3.63, 3.8) is 0 Å². The maximum absolute atomic E-state index is 12.3. The molecule has 2 aliphatic carbocycles. The minimum absolute atomic E-state index is 0.0263. The molecule has 3 rings (SSSR count). The molecule has 3 atom stereocenters. The van der Waals surface area contributed by atoms with Crippen molar-refractivity contribution in [1.29, 1.82) is 0 Å². The van der Waals surface area contributed by atoms with E-state index in [1.807, 2.05) is 6.92 Å². The zero-order valence-corrected chi connectivity index (χ0v) is 18.8. The van der Waals surface area contributed by atoms with Crippen LogP contribution >= 0.6 is 15.9 Å². The van der Waals surface area contributed by atoms with Gasteiger partial charge in [0.2, 0.25) is 0 Å². The number of aliphatic carboxylic acids is 1. The maximum Gasteiger partial charge on any atom is 0.309 e. The van der Waals surface area contributed by atoms with Crippen LogP contribution in [0.4, 0.5) is 0 Å². The summed E-state index contributed by atoms with van der Waals surface area (Å²) in [5.41, 5.74) is 3.40. The molecule has 1 saturated carbocycles. The van der Waals surface area contributed by atoms with Crippen molar-refractivity contribution >= 4 is 27.6 Å². The second-order valence-electron chi connectivity index (χ2n) is 8.95. The minimum Gasteiger partial charge on any atom is -0.481 e. The van der Waals surface area contributed by atoms with Crippen molar-refractivity contribution in [2.75, 3.05) is 6.61 Å². The molecule has 1 N–H and O–H groups in total. The molecule has 0 saturated heterocycles. The monoisotopic (exact) mass is 447 g/mol. The number of hydrogen-bond donors (Lipinski definition) is 1. The summed E-state index contributed by atoms with van der Waals surface area (Å²) in [6.45, 7) is 12.5. The first-order valence-electron chi connectivity index (χ1n) is 10.0. The van der Waals surface area contributed by atoms with E-state index in [4.69, 9.17) is 4.84 Å². The molecule has 1 aromatic rings. The zero-order chi connectivity index (χ0) is 20.7. The van der Waals surface area contributed by atoms with Crippen LogP contribution < -0.4 is 0 Å². The van der Waals surface area contributed by atoms with Gasteiger partial charge in [-0.25, -0.2) is 0 Å². The molecular formula is C23H30BrNO3. The van der Waals surface area contributed by atoms with Crippen molar-refractivity contribution < 1.29 is 14.7 Å². The lowest BCUT2D eigenvalue weighted by atomic mass is 9.49. The standard InChI is InChI=1S/C23H30BrNO3/c1-6-10-28-25-19-13-20-22(4,8-7-9-23(20,5)21(26)27)17-12-18(24)15(14(2)3)11-16(17)19/h6,11-12,14,20H,1,7-10,13H2,2-5H3,(H,26,27)/t20?,22-,23-/m1/s1. The van der Waals surface area contributed by atoms with Gasteiger partial charge in [-0.1, -0.05) is 60.9 Å². The second-order valence-corrected chi connectivity index (χ2v) is 9.80. The molecule has 5 heteroatoms. The summed E-state index contributed by atoms with van der Waals surface area (Å²) in [7, 11) is 0. The first-order chi connectivity index (χ1) is 13.1. The Kier molecular flexibility index (Phi) is 5.77. The van der Waals surface area contributed by atoms with E-state index in [0.717, 1.165) is 28.6 Å². The summed E-state index contributed by atoms with van der Waals surface area (Å²) >= 11 is 3.76. The topological polar surface area (TPSA) is 58.9 Å². The molecule has 1 fully saturated rings. The van der Waals surface area contributed by atoms with Crippen molar-refractivity contribution in [1.82, 2.24) is 0 Å². The fraction of sp³-hybridized carbons (Fsp3) is 0.565. The van der Waals surface area contributed by atoms with Crippen molar-refractivity contribution in [2.24, 2.45) is 16.5 Å². The molecule has 28 heavy (non-hydrogen) atoms. The number of carboxylic acids is 1. The molecule has 0 aromatic heterocycles. The Morgan fingerprint density at radius 3 is 2.75 bits per heavy atom. The molecule has 0 bridgehead atoms. The highest BCUT2D eigenvalue weighted by molar-refractivity contribution is 9.10. The second kappa shape index (κ2) is 7.66. The van der Waals surface area contributed by atoms with Gasteiger partial charge in [0, 0.05) is 10.0 Å². The third-order valence-electron chi connectivity index (χ3n) is 6.87. The Balaban J connectivity index is 2.22. The molecular weight excluding hydrogens is 418 g/mol. The summed E-state index contributed by atoms with van der Waals surface area (Å²) in [6.07, 6.45) is 4.88. The summed E-state index contributed by atoms with van der Waals surface area (Å²) in [5.74, 6) is -0.367. The van der Waals surface area contributed by atoms with Gasteiger partial charge in [-0.15, -0.1) is 0 Å². The largest absolute Gasteiger partial charge is 0.481 e. The molecule has 0 amide bonds. The van der Waals surface area contributed by atoms with E-state index < -0.39 is 11.4 Å². The lowest BCUT2D eigenvalue weighted by Gasteiger charge is -2.53. The minimum atomic E-state index is -0.771. The third kappa shape index (κ3) is 3.32. The van der Waals surface area contributed by atoms with E-state index >= 15 is 0 Å². The molecule has 4 nitrogen and oxygen atoms in total. The molecule has 0 spiro atoms. The van der Waals surface area contributed by atoms with Gasteiger partial charge >= 0.3 is 5.97 Å². The van der Waals surface area contributed by atoms with Crippen LogP contribution in [0.3, 0.4) is 0 Å². The van der Waals surface area contributed by atoms with Gasteiger partial charge in [-0.2, -0.15) is 0 Å². The van der Waals surface area contributed by atoms with Crippen LogP contribution in [-0.2, 0) is 15.0 Å². The van der Waals surface area contributed by atoms with Crippen molar-refractivity contribution in [3.8, 4) is 0 Å². The molecule has 0 aliphatic heterocycles. The quantitative estimate of drug-likeness (QED) is 0.340. The maximum atomic E-state index is 12.3. The predicted molar refractivity (Wildman–Crippen MR) is 116 cm³/mol. The first kappa shape index (κ1) is 21.1. The van der Waals surface area contributed by atoms with Crippen molar-refractivity contribution in [2.45, 2.75) is 64.7 Å². The Hall–Kier alpha value is -1.62. The highest BCUT2D eigenvalue weighted by Gasteiger charge is 2.56. The molecule has 1 aromatic carbocycles. The number of halogens is 1. The van der Waals surface area contributed by atoms with Crippen LogP contribution in [0.15, 0.2) is 34.4 Å². The van der Waals surface area contributed by atoms with Gasteiger partial charge in [0.25, 0.3) is 0 Å². The highest BCUT2D eigenvalue weighted by Crippen LogP contribution is 2.58. The van der Waals surface area contributed by atoms with E-state index in [9.17, 15) is 9.90 Å². The summed E-state index contributed by atoms with van der Waals surface area (Å²) in [6, 6.07) is 4.42. The summed E-state index contributed by atoms with van der Waals surface area (Å²) in [5, 5.41) is 14.5. The number of nitrogens with zero attached hydrogens (tertiary/aromatic N) is 1. The molecule has 0 radical (unpaired) electrons. The number of benzene rings is 1. The van der Waals surface area contributed by atoms with Crippen molar-refractivity contribution in [3.05, 3.63) is 46.0 Å². The van der Waals surface area contributed by atoms with E-state index in [1.54, 1.807) is 6.08 Å². The number of oxime groups is 1. The number of carboxylic acid groups (broad SMARTS) is 1. The van der Waals surface area contributed by atoms with E-state index in [-0.39, 0.29) is 11.3 Å². The molecule has 2 aliphatic rings. The Labute approximate surface area is 176 Å². The third-order valence-corrected chi connectivity index (χ3v) is 7.56. The first-order valence-corrected chi connectivity index (χ1v) is 10.8. The van der Waals surface area contributed by atoms with E-state index in [0.29, 0.717) is 25.4 Å². The van der Waals surface area contributed by atoms with Gasteiger partial charge in [0.05, 0.1) is 11.1 Å². The smallest absolute Gasteiger partial charge is 0.309 e. The SMILES string of the molecule is C=CCON=C1CC2[C@](C)(C(=O)O)CCC[C@]2(C)c2cc(Br)c(C(C)C)cc21. The normalized spacial score (nSPS) is 30.6. The Morgan fingerprint density at radius 2 is 2.14 bits per heavy atom. The van der Waals surface area contributed by atoms with E-state index in [1.165, 1.54) is 11.1 Å². The summed E-state index contributed by atoms with van der Waals surface area (Å²) < 4.78 is 1.08. The van der Waals surface area contributed by atoms with E-state index in [2.05, 4.69) is 60.6 Å². The Morgan fingerprint density at radius 1 is 1.43 bits per heavy atom. The number of fused-ring (bicyclic) bond motifs is 3. The number of carbonyl (C=O) groups is 1. The molecule has 0 heterocycles. The number of hydrogen-bond acceptors (Lipinski definition) is 3. The molecule has 1 unspecified atom stereocenters. The lowest BCUT2D eigenvalue weighted by molar-refractivity contribution is -0.156. The van der Waals surface area contributed by atoms with Crippen LogP contribution in [0.2, 0.25) is 0 Å². The van der Waals surface area contributed by atoms with Gasteiger partial charge in [-0.3, -0.25) is 4.79 Å². The lowest BCUT2D eigenvalue weighted by Crippen LogP contribution is -2.53. The van der Waals surface area contributed by atoms with Crippen LogP contribution in [0.1, 0.15) is 76.0 Å². The highest BCUT2D eigenvalue weighted by atomic mass is 79.9. The average Bonchev–Trinajstić information content (AvgIpc) is 2.62. The van der Waals surface area contributed by atoms with Gasteiger partial charge < -0.3 is 9.94 Å². The van der Waals surface area contributed by atoms with Crippen LogP contribution in [0.5, 0.6) is 0 Å². The fourth-order valence-corrected chi connectivity index (χ4v) is 6.01. The number of rotatable bonds is 5. The van der Waals surface area contributed by atoms with Gasteiger partial charge in [0.1, 0.15) is 6.61 Å². The Bertz CT molecular complexity index is 831. The average molecular weight is 448 g/mol. The summed E-state index contributed by atoms with van der Waals surface area (Å²) in [4.78, 5) is 17.7.